The van der Waals surface area contributed by atoms with Crippen LogP contribution in [0.25, 0.3) is 0 Å². The number of benzene rings is 1. The van der Waals surface area contributed by atoms with Crippen molar-refractivity contribution in [3.05, 3.63) is 29.8 Å². The first-order chi connectivity index (χ1) is 9.06. The van der Waals surface area contributed by atoms with E-state index in [4.69, 9.17) is 9.84 Å². The third-order valence-electron chi connectivity index (χ3n) is 3.29. The monoisotopic (exact) mass is 263 g/mol. The molecule has 2 N–H and O–H groups in total. The number of nitrogens with one attached hydrogen (secondary N) is 1. The molecule has 2 unspecified atom stereocenters. The van der Waals surface area contributed by atoms with Gasteiger partial charge in [-0.2, -0.15) is 0 Å². The van der Waals surface area contributed by atoms with E-state index in [1.165, 1.54) is 0 Å². The molecule has 19 heavy (non-hydrogen) atoms. The Morgan fingerprint density at radius 3 is 2.58 bits per heavy atom. The fourth-order valence-electron chi connectivity index (χ4n) is 2.19. The highest BCUT2D eigenvalue weighted by atomic mass is 16.5. The first-order valence-corrected chi connectivity index (χ1v) is 6.29. The van der Waals surface area contributed by atoms with E-state index in [1.807, 2.05) is 6.92 Å². The normalized spacial score (nSPS) is 22.2. The van der Waals surface area contributed by atoms with Crippen molar-refractivity contribution in [3.8, 4) is 0 Å². The van der Waals surface area contributed by atoms with Crippen LogP contribution in [-0.4, -0.2) is 29.7 Å². The van der Waals surface area contributed by atoms with Crippen LogP contribution in [0.4, 0.5) is 5.69 Å². The van der Waals surface area contributed by atoms with Crippen molar-refractivity contribution >= 4 is 17.6 Å². The summed E-state index contributed by atoms with van der Waals surface area (Å²) in [5.74, 6) is -1.02. The van der Waals surface area contributed by atoms with Crippen molar-refractivity contribution in [2.45, 2.75) is 25.9 Å². The molecule has 1 aromatic carbocycles. The molecule has 5 heteroatoms. The molecular weight excluding hydrogens is 246 g/mol. The van der Waals surface area contributed by atoms with Gasteiger partial charge in [-0.05, 0) is 31.0 Å². The van der Waals surface area contributed by atoms with Gasteiger partial charge in [-0.3, -0.25) is 9.59 Å². The smallest absolute Gasteiger partial charge is 0.307 e. The molecule has 0 radical (unpaired) electrons. The van der Waals surface area contributed by atoms with Gasteiger partial charge in [-0.15, -0.1) is 0 Å². The molecule has 1 aliphatic heterocycles. The number of hydrogen-bond acceptors (Lipinski definition) is 3. The number of amides is 1. The summed E-state index contributed by atoms with van der Waals surface area (Å²) in [6.45, 7) is 2.52. The fraction of sp³-hybridized carbons (Fsp3) is 0.429. The van der Waals surface area contributed by atoms with E-state index in [2.05, 4.69) is 5.32 Å². The zero-order valence-electron chi connectivity index (χ0n) is 10.8. The first-order valence-electron chi connectivity index (χ1n) is 6.29. The van der Waals surface area contributed by atoms with Crippen LogP contribution in [0, 0.1) is 5.92 Å². The van der Waals surface area contributed by atoms with Gasteiger partial charge in [-0.25, -0.2) is 0 Å². The Bertz CT molecular complexity index is 469. The van der Waals surface area contributed by atoms with Crippen molar-refractivity contribution < 1.29 is 19.4 Å². The summed E-state index contributed by atoms with van der Waals surface area (Å²) in [4.78, 5) is 22.6. The molecule has 0 aromatic heterocycles. The van der Waals surface area contributed by atoms with Crippen molar-refractivity contribution in [3.63, 3.8) is 0 Å². The molecule has 0 bridgehead atoms. The molecule has 102 valence electrons. The van der Waals surface area contributed by atoms with Gasteiger partial charge in [-0.1, -0.05) is 12.1 Å². The Kier molecular flexibility index (Phi) is 4.16. The van der Waals surface area contributed by atoms with Gasteiger partial charge in [0, 0.05) is 12.3 Å². The van der Waals surface area contributed by atoms with Gasteiger partial charge in [0.2, 0.25) is 5.91 Å². The van der Waals surface area contributed by atoms with Crippen LogP contribution in [0.5, 0.6) is 0 Å². The largest absolute Gasteiger partial charge is 0.481 e. The maximum atomic E-state index is 12.0. The van der Waals surface area contributed by atoms with Gasteiger partial charge >= 0.3 is 5.97 Å². The second-order valence-electron chi connectivity index (χ2n) is 4.73. The fourth-order valence-corrected chi connectivity index (χ4v) is 2.19. The Balaban J connectivity index is 1.95. The van der Waals surface area contributed by atoms with Gasteiger partial charge in [0.05, 0.1) is 18.4 Å². The van der Waals surface area contributed by atoms with Crippen molar-refractivity contribution in [2.24, 2.45) is 5.92 Å². The molecule has 5 nitrogen and oxygen atoms in total. The summed E-state index contributed by atoms with van der Waals surface area (Å²) in [6.07, 6.45) is 0.678. The number of aliphatic carboxylic acids is 1. The van der Waals surface area contributed by atoms with E-state index in [-0.39, 0.29) is 24.3 Å². The molecule has 1 aliphatic rings. The lowest BCUT2D eigenvalue weighted by Gasteiger charge is -2.14. The van der Waals surface area contributed by atoms with Crippen LogP contribution in [0.1, 0.15) is 18.9 Å². The Morgan fingerprint density at radius 1 is 1.37 bits per heavy atom. The van der Waals surface area contributed by atoms with E-state index in [1.54, 1.807) is 24.3 Å². The molecular formula is C14H17NO4. The van der Waals surface area contributed by atoms with Crippen LogP contribution in [0.15, 0.2) is 24.3 Å². The lowest BCUT2D eigenvalue weighted by molar-refractivity contribution is -0.136. The van der Waals surface area contributed by atoms with E-state index in [0.29, 0.717) is 17.9 Å². The summed E-state index contributed by atoms with van der Waals surface area (Å²) >= 11 is 0. The van der Waals surface area contributed by atoms with E-state index >= 15 is 0 Å². The summed E-state index contributed by atoms with van der Waals surface area (Å²) in [5, 5.41) is 11.5. The van der Waals surface area contributed by atoms with Crippen molar-refractivity contribution in [2.75, 3.05) is 11.9 Å². The number of carbonyl (C=O) groups excluding carboxylic acids is 1. The number of carbonyl (C=O) groups is 2. The molecule has 1 fully saturated rings. The second-order valence-corrected chi connectivity index (χ2v) is 4.73. The minimum absolute atomic E-state index is 0.0122. The first kappa shape index (κ1) is 13.5. The molecule has 1 heterocycles. The van der Waals surface area contributed by atoms with Gasteiger partial charge in [0.25, 0.3) is 0 Å². The van der Waals surface area contributed by atoms with E-state index in [9.17, 15) is 9.59 Å². The summed E-state index contributed by atoms with van der Waals surface area (Å²) in [5.41, 5.74) is 1.39. The maximum Gasteiger partial charge on any atom is 0.307 e. The number of ether oxygens (including phenoxy) is 1. The molecule has 2 rings (SSSR count). The zero-order valence-corrected chi connectivity index (χ0v) is 10.8. The predicted octanol–water partition coefficient (Wildman–Crippen LogP) is 1.68. The Labute approximate surface area is 111 Å². The lowest BCUT2D eigenvalue weighted by atomic mass is 10.0. The van der Waals surface area contributed by atoms with Crippen LogP contribution < -0.4 is 5.32 Å². The second kappa shape index (κ2) is 5.84. The third-order valence-corrected chi connectivity index (χ3v) is 3.29. The molecule has 1 amide bonds. The Hall–Kier alpha value is -1.88. The van der Waals surface area contributed by atoms with Crippen LogP contribution in [0.2, 0.25) is 0 Å². The average molecular weight is 263 g/mol. The summed E-state index contributed by atoms with van der Waals surface area (Å²) in [7, 11) is 0. The highest BCUT2D eigenvalue weighted by Gasteiger charge is 2.30. The number of hydrogen-bond donors (Lipinski definition) is 2. The third kappa shape index (κ3) is 3.54. The topological polar surface area (TPSA) is 75.6 Å². The average Bonchev–Trinajstić information content (AvgIpc) is 2.77. The van der Waals surface area contributed by atoms with E-state index in [0.717, 1.165) is 6.42 Å². The molecule has 0 aliphatic carbocycles. The molecule has 0 spiro atoms. The lowest BCUT2D eigenvalue weighted by Crippen LogP contribution is -2.27. The summed E-state index contributed by atoms with van der Waals surface area (Å²) in [6, 6.07) is 6.85. The SMILES string of the molecule is CC1OCCC1C(=O)Nc1ccc(CC(=O)O)cc1. The van der Waals surface area contributed by atoms with Gasteiger partial charge < -0.3 is 15.2 Å². The standard InChI is InChI=1S/C14H17NO4/c1-9-12(6-7-19-9)14(18)15-11-4-2-10(3-5-11)8-13(16)17/h2-5,9,12H,6-8H2,1H3,(H,15,18)(H,16,17). The molecule has 2 atom stereocenters. The van der Waals surface area contributed by atoms with Gasteiger partial charge in [0.1, 0.15) is 0 Å². The van der Waals surface area contributed by atoms with Crippen molar-refractivity contribution in [1.29, 1.82) is 0 Å². The number of anilines is 1. The molecule has 0 saturated carbocycles. The summed E-state index contributed by atoms with van der Waals surface area (Å²) < 4.78 is 5.36. The van der Waals surface area contributed by atoms with Crippen LogP contribution in [0.3, 0.4) is 0 Å². The maximum absolute atomic E-state index is 12.0. The highest BCUT2D eigenvalue weighted by Crippen LogP contribution is 2.22. The minimum Gasteiger partial charge on any atom is -0.481 e. The quantitative estimate of drug-likeness (QED) is 0.866. The van der Waals surface area contributed by atoms with E-state index < -0.39 is 5.97 Å². The van der Waals surface area contributed by atoms with Crippen LogP contribution in [-0.2, 0) is 20.7 Å². The highest BCUT2D eigenvalue weighted by molar-refractivity contribution is 5.93. The molecule has 1 saturated heterocycles. The zero-order chi connectivity index (χ0) is 13.8. The van der Waals surface area contributed by atoms with Crippen molar-refractivity contribution in [1.82, 2.24) is 0 Å². The van der Waals surface area contributed by atoms with Crippen LogP contribution >= 0.6 is 0 Å². The number of carboxylic acid groups (broad SMARTS) is 1. The number of rotatable bonds is 4. The predicted molar refractivity (Wildman–Crippen MR) is 69.9 cm³/mol. The van der Waals surface area contributed by atoms with Gasteiger partial charge in [0.15, 0.2) is 0 Å². The minimum atomic E-state index is -0.867. The number of carboxylic acids is 1. The Morgan fingerprint density at radius 2 is 2.05 bits per heavy atom. The molecule has 1 aromatic rings.